The first-order valence-electron chi connectivity index (χ1n) is 9.15. The van der Waals surface area contributed by atoms with Crippen LogP contribution in [0.15, 0.2) is 24.3 Å². The van der Waals surface area contributed by atoms with Gasteiger partial charge in [0, 0.05) is 44.8 Å². The minimum atomic E-state index is -0.424. The highest BCUT2D eigenvalue weighted by atomic mass is 16.5. The van der Waals surface area contributed by atoms with Crippen LogP contribution in [0.5, 0.6) is 0 Å². The number of ether oxygens (including phenoxy) is 2. The second-order valence-electron chi connectivity index (χ2n) is 6.69. The lowest BCUT2D eigenvalue weighted by atomic mass is 10.1. The zero-order valence-electron chi connectivity index (χ0n) is 15.5. The minimum absolute atomic E-state index is 0.0888. The van der Waals surface area contributed by atoms with E-state index in [2.05, 4.69) is 15.0 Å². The fraction of sp³-hybridized carbons (Fsp3) is 0.526. The van der Waals surface area contributed by atoms with Crippen molar-refractivity contribution in [2.45, 2.75) is 6.42 Å². The molecule has 2 aliphatic rings. The summed E-state index contributed by atoms with van der Waals surface area (Å²) >= 11 is 0. The average molecular weight is 375 g/mol. The van der Waals surface area contributed by atoms with Crippen LogP contribution in [0.3, 0.4) is 0 Å². The number of hydrogen-bond donors (Lipinski definition) is 1. The van der Waals surface area contributed by atoms with Gasteiger partial charge in [0.05, 0.1) is 31.8 Å². The van der Waals surface area contributed by atoms with Crippen LogP contribution in [-0.4, -0.2) is 75.7 Å². The molecule has 8 heteroatoms. The molecule has 0 spiro atoms. The molecule has 2 amide bonds. The van der Waals surface area contributed by atoms with Gasteiger partial charge in [-0.25, -0.2) is 4.79 Å². The van der Waals surface area contributed by atoms with E-state index in [0.717, 1.165) is 32.8 Å². The zero-order valence-corrected chi connectivity index (χ0v) is 15.5. The van der Waals surface area contributed by atoms with Crippen molar-refractivity contribution in [2.24, 2.45) is 5.92 Å². The van der Waals surface area contributed by atoms with Crippen LogP contribution in [-0.2, 0) is 19.1 Å². The number of morpholine rings is 1. The van der Waals surface area contributed by atoms with Crippen LogP contribution in [0.1, 0.15) is 16.8 Å². The number of rotatable bonds is 6. The van der Waals surface area contributed by atoms with E-state index < -0.39 is 5.97 Å². The standard InChI is InChI=1S/C19H25N3O5/c1-26-19(25)14-2-4-16(5-3-14)22-13-15(12-17(22)23)18(24)20-6-7-21-8-10-27-11-9-21/h2-5,15H,6-13H2,1H3,(H,20,24). The van der Waals surface area contributed by atoms with Crippen LogP contribution >= 0.6 is 0 Å². The maximum atomic E-state index is 12.4. The van der Waals surface area contributed by atoms with Crippen LogP contribution in [0, 0.1) is 5.92 Å². The van der Waals surface area contributed by atoms with Gasteiger partial charge >= 0.3 is 5.97 Å². The molecule has 0 radical (unpaired) electrons. The van der Waals surface area contributed by atoms with Crippen LogP contribution < -0.4 is 10.2 Å². The Kier molecular flexibility index (Phi) is 6.41. The highest BCUT2D eigenvalue weighted by molar-refractivity contribution is 6.00. The van der Waals surface area contributed by atoms with Crippen LogP contribution in [0.2, 0.25) is 0 Å². The van der Waals surface area contributed by atoms with Gasteiger partial charge in [-0.05, 0) is 24.3 Å². The summed E-state index contributed by atoms with van der Waals surface area (Å²) in [5.74, 6) is -0.964. The molecule has 3 rings (SSSR count). The predicted octanol–water partition coefficient (Wildman–Crippen LogP) is 0.275. The van der Waals surface area contributed by atoms with E-state index in [-0.39, 0.29) is 24.2 Å². The molecule has 1 aromatic carbocycles. The first-order valence-corrected chi connectivity index (χ1v) is 9.15. The molecule has 0 bridgehead atoms. The van der Waals surface area contributed by atoms with Gasteiger partial charge in [0.1, 0.15) is 0 Å². The second kappa shape index (κ2) is 8.96. The van der Waals surface area contributed by atoms with Crippen molar-refractivity contribution in [1.82, 2.24) is 10.2 Å². The maximum Gasteiger partial charge on any atom is 0.337 e. The lowest BCUT2D eigenvalue weighted by Crippen LogP contribution is -2.42. The van der Waals surface area contributed by atoms with Gasteiger partial charge in [-0.2, -0.15) is 0 Å². The highest BCUT2D eigenvalue weighted by Crippen LogP contribution is 2.25. The molecular formula is C19H25N3O5. The van der Waals surface area contributed by atoms with Crippen molar-refractivity contribution in [2.75, 3.05) is 57.9 Å². The van der Waals surface area contributed by atoms with Crippen molar-refractivity contribution in [3.8, 4) is 0 Å². The number of carbonyl (C=O) groups is 3. The number of benzene rings is 1. The average Bonchev–Trinajstić information content (AvgIpc) is 3.10. The van der Waals surface area contributed by atoms with Crippen molar-refractivity contribution in [3.63, 3.8) is 0 Å². The van der Waals surface area contributed by atoms with Crippen molar-refractivity contribution >= 4 is 23.5 Å². The summed E-state index contributed by atoms with van der Waals surface area (Å²) in [5, 5.41) is 2.93. The lowest BCUT2D eigenvalue weighted by Gasteiger charge is -2.26. The van der Waals surface area contributed by atoms with E-state index in [1.165, 1.54) is 7.11 Å². The normalized spacial score (nSPS) is 20.6. The van der Waals surface area contributed by atoms with Gasteiger partial charge in [-0.15, -0.1) is 0 Å². The Bertz CT molecular complexity index is 685. The third-order valence-corrected chi connectivity index (χ3v) is 4.93. The van der Waals surface area contributed by atoms with E-state index in [0.29, 0.717) is 24.3 Å². The first-order chi connectivity index (χ1) is 13.1. The Morgan fingerprint density at radius 2 is 1.93 bits per heavy atom. The molecular weight excluding hydrogens is 350 g/mol. The molecule has 146 valence electrons. The van der Waals surface area contributed by atoms with Crippen LogP contribution in [0.25, 0.3) is 0 Å². The fourth-order valence-electron chi connectivity index (χ4n) is 3.33. The zero-order chi connectivity index (χ0) is 19.2. The van der Waals surface area contributed by atoms with Crippen LogP contribution in [0.4, 0.5) is 5.69 Å². The molecule has 2 heterocycles. The quantitative estimate of drug-likeness (QED) is 0.719. The number of methoxy groups -OCH3 is 1. The van der Waals surface area contributed by atoms with Gasteiger partial charge in [-0.1, -0.05) is 0 Å². The van der Waals surface area contributed by atoms with E-state index >= 15 is 0 Å². The van der Waals surface area contributed by atoms with Gasteiger partial charge in [0.25, 0.3) is 0 Å². The molecule has 0 aromatic heterocycles. The molecule has 1 unspecified atom stereocenters. The topological polar surface area (TPSA) is 88.2 Å². The number of hydrogen-bond acceptors (Lipinski definition) is 6. The Hall–Kier alpha value is -2.45. The minimum Gasteiger partial charge on any atom is -0.465 e. The highest BCUT2D eigenvalue weighted by Gasteiger charge is 2.35. The molecule has 1 aromatic rings. The largest absolute Gasteiger partial charge is 0.465 e. The predicted molar refractivity (Wildman–Crippen MR) is 98.5 cm³/mol. The molecule has 0 aliphatic carbocycles. The van der Waals surface area contributed by atoms with Gasteiger partial charge in [-0.3, -0.25) is 14.5 Å². The third-order valence-electron chi connectivity index (χ3n) is 4.93. The lowest BCUT2D eigenvalue weighted by molar-refractivity contribution is -0.126. The summed E-state index contributed by atoms with van der Waals surface area (Å²) in [6, 6.07) is 6.63. The molecule has 0 saturated carbocycles. The van der Waals surface area contributed by atoms with Gasteiger partial charge in [0.15, 0.2) is 0 Å². The monoisotopic (exact) mass is 375 g/mol. The molecule has 2 fully saturated rings. The number of esters is 1. The van der Waals surface area contributed by atoms with E-state index in [9.17, 15) is 14.4 Å². The summed E-state index contributed by atoms with van der Waals surface area (Å²) in [5.41, 5.74) is 1.10. The first kappa shape index (κ1) is 19.3. The summed E-state index contributed by atoms with van der Waals surface area (Å²) in [6.45, 7) is 4.93. The number of anilines is 1. The van der Waals surface area contributed by atoms with E-state index in [1.54, 1.807) is 29.2 Å². The van der Waals surface area contributed by atoms with Gasteiger partial charge < -0.3 is 19.7 Å². The molecule has 1 atom stereocenters. The van der Waals surface area contributed by atoms with E-state index in [1.807, 2.05) is 0 Å². The molecule has 1 N–H and O–H groups in total. The molecule has 8 nitrogen and oxygen atoms in total. The summed E-state index contributed by atoms with van der Waals surface area (Å²) in [7, 11) is 1.32. The summed E-state index contributed by atoms with van der Waals surface area (Å²) in [6.07, 6.45) is 0.197. The Labute approximate surface area is 158 Å². The van der Waals surface area contributed by atoms with Crippen molar-refractivity contribution in [1.29, 1.82) is 0 Å². The summed E-state index contributed by atoms with van der Waals surface area (Å²) < 4.78 is 9.97. The van der Waals surface area contributed by atoms with Gasteiger partial charge in [0.2, 0.25) is 11.8 Å². The Morgan fingerprint density at radius 3 is 2.59 bits per heavy atom. The fourth-order valence-corrected chi connectivity index (χ4v) is 3.33. The molecule has 2 aliphatic heterocycles. The number of nitrogens with zero attached hydrogens (tertiary/aromatic N) is 2. The third kappa shape index (κ3) is 4.84. The number of carbonyl (C=O) groups excluding carboxylic acids is 3. The van der Waals surface area contributed by atoms with Crippen molar-refractivity contribution in [3.05, 3.63) is 29.8 Å². The Morgan fingerprint density at radius 1 is 1.22 bits per heavy atom. The smallest absolute Gasteiger partial charge is 0.337 e. The second-order valence-corrected chi connectivity index (χ2v) is 6.69. The van der Waals surface area contributed by atoms with E-state index in [4.69, 9.17) is 4.74 Å². The Balaban J connectivity index is 1.50. The molecule has 2 saturated heterocycles. The molecule has 27 heavy (non-hydrogen) atoms. The number of nitrogens with one attached hydrogen (secondary N) is 1. The SMILES string of the molecule is COC(=O)c1ccc(N2CC(C(=O)NCCN3CCOCC3)CC2=O)cc1. The summed E-state index contributed by atoms with van der Waals surface area (Å²) in [4.78, 5) is 40.1. The number of amides is 2. The maximum absolute atomic E-state index is 12.4. The van der Waals surface area contributed by atoms with Crippen molar-refractivity contribution < 1.29 is 23.9 Å².